The summed E-state index contributed by atoms with van der Waals surface area (Å²) in [5.74, 6) is -0.114. The van der Waals surface area contributed by atoms with E-state index in [0.29, 0.717) is 17.9 Å². The van der Waals surface area contributed by atoms with Crippen molar-refractivity contribution in [3.8, 4) is 0 Å². The molecule has 0 saturated heterocycles. The van der Waals surface area contributed by atoms with E-state index >= 15 is 0 Å². The summed E-state index contributed by atoms with van der Waals surface area (Å²) in [6.07, 6.45) is 5.08. The molecule has 162 valence electrons. The minimum absolute atomic E-state index is 0.154. The lowest BCUT2D eigenvalue weighted by atomic mass is 9.98. The molecule has 1 atom stereocenters. The number of carbonyl (C=O) groups excluding carboxylic acids is 1. The van der Waals surface area contributed by atoms with Crippen LogP contribution in [-0.4, -0.2) is 25.6 Å². The van der Waals surface area contributed by atoms with Crippen molar-refractivity contribution in [2.75, 3.05) is 11.0 Å². The number of carbonyl (C=O) groups is 1. The predicted octanol–water partition coefficient (Wildman–Crippen LogP) is 4.07. The molecule has 0 fully saturated rings. The fraction of sp³-hybridized carbons (Fsp3) is 0.364. The Hall–Kier alpha value is -2.74. The van der Waals surface area contributed by atoms with Crippen molar-refractivity contribution in [3.05, 3.63) is 64.5 Å². The molecule has 0 aliphatic heterocycles. The van der Waals surface area contributed by atoms with Crippen LogP contribution >= 0.6 is 0 Å². The molecule has 2 N–H and O–H groups in total. The van der Waals surface area contributed by atoms with Gasteiger partial charge in [-0.05, 0) is 54.2 Å². The van der Waals surface area contributed by atoms with Crippen LogP contribution in [0.25, 0.3) is 6.08 Å². The van der Waals surface area contributed by atoms with Crippen LogP contribution in [0.15, 0.2) is 36.4 Å². The van der Waals surface area contributed by atoms with E-state index in [4.69, 9.17) is 0 Å². The number of aryl methyl sites for hydroxylation is 1. The molecule has 0 bridgehead atoms. The number of nitrogens with zero attached hydrogens (tertiary/aromatic N) is 1. The number of nitrogens with one attached hydrogen (secondary N) is 2. The lowest BCUT2D eigenvalue weighted by molar-refractivity contribution is -0.116. The van der Waals surface area contributed by atoms with Crippen LogP contribution in [0.2, 0.25) is 0 Å². The van der Waals surface area contributed by atoms with Gasteiger partial charge in [0.05, 0.1) is 23.3 Å². The van der Waals surface area contributed by atoms with Crippen molar-refractivity contribution < 1.29 is 17.6 Å². The Labute approximate surface area is 177 Å². The van der Waals surface area contributed by atoms with Crippen LogP contribution in [0, 0.1) is 6.92 Å². The zero-order valence-electron chi connectivity index (χ0n) is 17.7. The number of hydrogen-bond donors (Lipinski definition) is 2. The van der Waals surface area contributed by atoms with Crippen molar-refractivity contribution in [2.45, 2.75) is 46.3 Å². The Morgan fingerprint density at radius 3 is 2.60 bits per heavy atom. The summed E-state index contributed by atoms with van der Waals surface area (Å²) in [7, 11) is -3.34. The third kappa shape index (κ3) is 6.95. The van der Waals surface area contributed by atoms with Gasteiger partial charge in [-0.15, -0.1) is 0 Å². The van der Waals surface area contributed by atoms with Gasteiger partial charge < -0.3 is 5.32 Å². The molecule has 0 spiro atoms. The van der Waals surface area contributed by atoms with Crippen molar-refractivity contribution in [3.63, 3.8) is 0 Å². The first kappa shape index (κ1) is 23.5. The highest BCUT2D eigenvalue weighted by Crippen LogP contribution is 2.23. The molecular formula is C22H28FN3O3S. The number of rotatable bonds is 9. The molecular weight excluding hydrogens is 405 g/mol. The number of benzene rings is 1. The summed E-state index contributed by atoms with van der Waals surface area (Å²) in [5.41, 5.74) is 4.08. The summed E-state index contributed by atoms with van der Waals surface area (Å²) in [6.45, 7) is 5.54. The standard InChI is InChI=1S/C22H28FN3O3S/c1-5-15(2)22-18(7-9-19(13-23)25-22)8-11-21(27)24-14-17-6-10-20(16(3)12-17)26-30(4,28)29/h6-12,15,26H,5,13-14H2,1-4H3,(H,24,27)/b11-8+. The second kappa shape index (κ2) is 10.3. The number of halogens is 1. The highest BCUT2D eigenvalue weighted by Gasteiger charge is 2.11. The first-order chi connectivity index (χ1) is 14.1. The van der Waals surface area contributed by atoms with E-state index in [1.54, 1.807) is 37.3 Å². The van der Waals surface area contributed by atoms with E-state index in [-0.39, 0.29) is 11.8 Å². The maximum atomic E-state index is 12.9. The third-order valence-electron chi connectivity index (χ3n) is 4.70. The number of sulfonamides is 1. The Balaban J connectivity index is 2.04. The van der Waals surface area contributed by atoms with Gasteiger partial charge in [0.25, 0.3) is 0 Å². The third-order valence-corrected chi connectivity index (χ3v) is 5.29. The first-order valence-corrected chi connectivity index (χ1v) is 11.6. The largest absolute Gasteiger partial charge is 0.348 e. The van der Waals surface area contributed by atoms with Crippen molar-refractivity contribution >= 4 is 27.7 Å². The van der Waals surface area contributed by atoms with E-state index in [2.05, 4.69) is 15.0 Å². The van der Waals surface area contributed by atoms with E-state index in [9.17, 15) is 17.6 Å². The lowest BCUT2D eigenvalue weighted by Crippen LogP contribution is -2.20. The molecule has 2 aromatic rings. The summed E-state index contributed by atoms with van der Waals surface area (Å²) >= 11 is 0. The van der Waals surface area contributed by atoms with Gasteiger partial charge in [-0.2, -0.15) is 0 Å². The molecule has 1 aromatic carbocycles. The summed E-state index contributed by atoms with van der Waals surface area (Å²) < 4.78 is 38.1. The highest BCUT2D eigenvalue weighted by atomic mass is 32.2. The van der Waals surface area contributed by atoms with Gasteiger partial charge in [0, 0.05) is 12.6 Å². The van der Waals surface area contributed by atoms with E-state index < -0.39 is 16.7 Å². The average molecular weight is 434 g/mol. The van der Waals surface area contributed by atoms with Crippen LogP contribution in [0.1, 0.15) is 54.3 Å². The minimum Gasteiger partial charge on any atom is -0.348 e. The molecule has 0 radical (unpaired) electrons. The van der Waals surface area contributed by atoms with Crippen molar-refractivity contribution in [1.82, 2.24) is 10.3 Å². The average Bonchev–Trinajstić information content (AvgIpc) is 2.70. The number of anilines is 1. The van der Waals surface area contributed by atoms with Gasteiger partial charge in [-0.25, -0.2) is 12.8 Å². The van der Waals surface area contributed by atoms with Crippen LogP contribution in [0.4, 0.5) is 10.1 Å². The Kier molecular flexibility index (Phi) is 8.11. The Bertz CT molecular complexity index is 1040. The van der Waals surface area contributed by atoms with E-state index in [1.165, 1.54) is 6.08 Å². The minimum atomic E-state index is -3.34. The molecule has 30 heavy (non-hydrogen) atoms. The van der Waals surface area contributed by atoms with Gasteiger partial charge in [0.1, 0.15) is 6.67 Å². The predicted molar refractivity (Wildman–Crippen MR) is 118 cm³/mol. The van der Waals surface area contributed by atoms with E-state index in [0.717, 1.165) is 35.1 Å². The van der Waals surface area contributed by atoms with Crippen LogP contribution in [-0.2, 0) is 28.0 Å². The number of alkyl halides is 1. The second-order valence-electron chi connectivity index (χ2n) is 7.29. The topological polar surface area (TPSA) is 88.2 Å². The van der Waals surface area contributed by atoms with E-state index in [1.807, 2.05) is 19.9 Å². The molecule has 8 heteroatoms. The van der Waals surface area contributed by atoms with Gasteiger partial charge in [0.15, 0.2) is 0 Å². The molecule has 0 aliphatic rings. The van der Waals surface area contributed by atoms with Crippen molar-refractivity contribution in [2.24, 2.45) is 0 Å². The SMILES string of the molecule is CCC(C)c1nc(CF)ccc1/C=C/C(=O)NCc1ccc(NS(C)(=O)=O)c(C)c1. The van der Waals surface area contributed by atoms with Crippen LogP contribution in [0.3, 0.4) is 0 Å². The number of pyridine rings is 1. The lowest BCUT2D eigenvalue weighted by Gasteiger charge is -2.12. The summed E-state index contributed by atoms with van der Waals surface area (Å²) in [4.78, 5) is 16.6. The van der Waals surface area contributed by atoms with Gasteiger partial charge >= 0.3 is 0 Å². The molecule has 1 unspecified atom stereocenters. The Morgan fingerprint density at radius 2 is 2.00 bits per heavy atom. The number of amides is 1. The van der Waals surface area contributed by atoms with Gasteiger partial charge in [0.2, 0.25) is 15.9 Å². The Morgan fingerprint density at radius 1 is 1.27 bits per heavy atom. The van der Waals surface area contributed by atoms with Crippen molar-refractivity contribution in [1.29, 1.82) is 0 Å². The second-order valence-corrected chi connectivity index (χ2v) is 9.04. The fourth-order valence-corrected chi connectivity index (χ4v) is 3.52. The van der Waals surface area contributed by atoms with Gasteiger partial charge in [-0.3, -0.25) is 14.5 Å². The van der Waals surface area contributed by atoms with Crippen LogP contribution in [0.5, 0.6) is 0 Å². The summed E-state index contributed by atoms with van der Waals surface area (Å²) in [5, 5.41) is 2.80. The zero-order chi connectivity index (χ0) is 22.3. The van der Waals surface area contributed by atoms with Gasteiger partial charge in [-0.1, -0.05) is 32.0 Å². The smallest absolute Gasteiger partial charge is 0.244 e. The molecule has 2 rings (SSSR count). The molecule has 6 nitrogen and oxygen atoms in total. The summed E-state index contributed by atoms with van der Waals surface area (Å²) in [6, 6.07) is 8.65. The zero-order valence-corrected chi connectivity index (χ0v) is 18.5. The number of aromatic nitrogens is 1. The monoisotopic (exact) mass is 433 g/mol. The normalized spacial score (nSPS) is 12.7. The van der Waals surface area contributed by atoms with Crippen LogP contribution < -0.4 is 10.0 Å². The maximum absolute atomic E-state index is 12.9. The number of hydrogen-bond acceptors (Lipinski definition) is 4. The molecule has 1 aromatic heterocycles. The fourth-order valence-electron chi connectivity index (χ4n) is 2.89. The molecule has 1 amide bonds. The highest BCUT2D eigenvalue weighted by molar-refractivity contribution is 7.92. The maximum Gasteiger partial charge on any atom is 0.244 e. The quantitative estimate of drug-likeness (QED) is 0.584. The molecule has 0 saturated carbocycles. The molecule has 1 heterocycles. The first-order valence-electron chi connectivity index (χ1n) is 9.72. The molecule has 0 aliphatic carbocycles.